The molecule has 2 aliphatic rings. The molecular weight excluding hydrogens is 825 g/mol. The Labute approximate surface area is 381 Å². The number of carbonyl (C=O) groups is 1. The summed E-state index contributed by atoms with van der Waals surface area (Å²) in [7, 11) is 1.57. The van der Waals surface area contributed by atoms with E-state index < -0.39 is 61.3 Å². The standard InChI is InChI=1S/C54H56O11/c1-56-53-51(49(60-35-42-26-14-5-15-27-42)47(58-33-40-22-10-3-11-23-40)45(63-53)37-57-32-39-20-8-2-9-21-39)65-54-50(61-36-43-28-16-6-17-29-43)48(59-34-41-24-12-4-13-25-41)46(64-54)38-62-52(55)44-30-18-7-19-31-44/h2-31,45-51,53-54H,32-38H2,1H3/t45-,46-,47-,48-,49+,50+,51-,53+,54-/m1/s1. The molecule has 0 saturated carbocycles. The van der Waals surface area contributed by atoms with E-state index in [0.717, 1.165) is 27.8 Å². The van der Waals surface area contributed by atoms with Crippen LogP contribution in [0, 0.1) is 0 Å². The summed E-state index contributed by atoms with van der Waals surface area (Å²) in [5.41, 5.74) is 5.28. The summed E-state index contributed by atoms with van der Waals surface area (Å²) in [6.45, 7) is 1.40. The molecule has 6 aromatic rings. The first-order chi connectivity index (χ1) is 32.1. The summed E-state index contributed by atoms with van der Waals surface area (Å²) in [6.07, 6.45) is -7.44. The summed E-state index contributed by atoms with van der Waals surface area (Å²) >= 11 is 0. The van der Waals surface area contributed by atoms with Crippen molar-refractivity contribution in [2.45, 2.75) is 88.3 Å². The molecule has 0 radical (unpaired) electrons. The fourth-order valence-corrected chi connectivity index (χ4v) is 7.95. The number of hydrogen-bond acceptors (Lipinski definition) is 11. The molecule has 65 heavy (non-hydrogen) atoms. The van der Waals surface area contributed by atoms with Crippen LogP contribution in [0.2, 0.25) is 0 Å². The van der Waals surface area contributed by atoms with E-state index >= 15 is 0 Å². The van der Waals surface area contributed by atoms with Crippen LogP contribution in [0.5, 0.6) is 0 Å². The van der Waals surface area contributed by atoms with Crippen LogP contribution in [-0.2, 0) is 80.4 Å². The predicted molar refractivity (Wildman–Crippen MR) is 242 cm³/mol. The molecule has 2 aliphatic heterocycles. The molecule has 8 rings (SSSR count). The highest BCUT2D eigenvalue weighted by Gasteiger charge is 2.54. The summed E-state index contributed by atoms with van der Waals surface area (Å²) in [6, 6.07) is 58.4. The molecule has 0 bridgehead atoms. The van der Waals surface area contributed by atoms with Crippen LogP contribution in [0.1, 0.15) is 38.2 Å². The summed E-state index contributed by atoms with van der Waals surface area (Å²) < 4.78 is 66.2. The van der Waals surface area contributed by atoms with Crippen LogP contribution < -0.4 is 0 Å². The van der Waals surface area contributed by atoms with Crippen molar-refractivity contribution in [3.8, 4) is 0 Å². The highest BCUT2D eigenvalue weighted by molar-refractivity contribution is 5.89. The maximum atomic E-state index is 13.3. The van der Waals surface area contributed by atoms with Crippen LogP contribution in [0.4, 0.5) is 0 Å². The fraction of sp³-hybridized carbons (Fsp3) is 0.315. The van der Waals surface area contributed by atoms with E-state index in [1.165, 1.54) is 0 Å². The number of esters is 1. The third-order valence-corrected chi connectivity index (χ3v) is 11.3. The van der Waals surface area contributed by atoms with Gasteiger partial charge in [-0.25, -0.2) is 4.79 Å². The van der Waals surface area contributed by atoms with Gasteiger partial charge in [0, 0.05) is 7.11 Å². The Morgan fingerprint density at radius 3 is 1.25 bits per heavy atom. The first-order valence-electron chi connectivity index (χ1n) is 22.1. The fourth-order valence-electron chi connectivity index (χ4n) is 7.95. The number of carbonyl (C=O) groups excluding carboxylic acids is 1. The lowest BCUT2D eigenvalue weighted by molar-refractivity contribution is -0.347. The Bertz CT molecular complexity index is 2250. The Balaban J connectivity index is 1.11. The van der Waals surface area contributed by atoms with Crippen molar-refractivity contribution in [2.24, 2.45) is 0 Å². The molecule has 11 heteroatoms. The highest BCUT2D eigenvalue weighted by atomic mass is 16.8. The molecule has 11 nitrogen and oxygen atoms in total. The topological polar surface area (TPSA) is 109 Å². The maximum Gasteiger partial charge on any atom is 0.338 e. The number of methoxy groups -OCH3 is 1. The van der Waals surface area contributed by atoms with Crippen LogP contribution in [0.3, 0.4) is 0 Å². The molecule has 2 fully saturated rings. The van der Waals surface area contributed by atoms with Crippen molar-refractivity contribution >= 4 is 5.97 Å². The van der Waals surface area contributed by atoms with Crippen LogP contribution >= 0.6 is 0 Å². The molecule has 0 unspecified atom stereocenters. The van der Waals surface area contributed by atoms with Gasteiger partial charge in [-0.15, -0.1) is 0 Å². The molecule has 2 saturated heterocycles. The summed E-state index contributed by atoms with van der Waals surface area (Å²) in [4.78, 5) is 13.3. The molecule has 0 spiro atoms. The van der Waals surface area contributed by atoms with E-state index in [2.05, 4.69) is 0 Å². The summed E-state index contributed by atoms with van der Waals surface area (Å²) in [5.74, 6) is -0.490. The number of hydrogen-bond donors (Lipinski definition) is 0. The smallest absolute Gasteiger partial charge is 0.338 e. The van der Waals surface area contributed by atoms with Crippen molar-refractivity contribution in [3.63, 3.8) is 0 Å². The zero-order valence-corrected chi connectivity index (χ0v) is 36.5. The Morgan fingerprint density at radius 1 is 0.415 bits per heavy atom. The zero-order valence-electron chi connectivity index (χ0n) is 36.5. The quantitative estimate of drug-likeness (QED) is 0.0611. The second-order valence-corrected chi connectivity index (χ2v) is 15.9. The maximum absolute atomic E-state index is 13.3. The minimum absolute atomic E-state index is 0.134. The molecular formula is C54H56O11. The molecule has 2 heterocycles. The molecule has 0 N–H and O–H groups in total. The number of benzene rings is 6. The average molecular weight is 881 g/mol. The van der Waals surface area contributed by atoms with Crippen molar-refractivity contribution in [2.75, 3.05) is 20.3 Å². The van der Waals surface area contributed by atoms with Gasteiger partial charge in [-0.05, 0) is 39.9 Å². The Hall–Kier alpha value is -5.57. The van der Waals surface area contributed by atoms with Gasteiger partial charge in [-0.3, -0.25) is 0 Å². The van der Waals surface area contributed by atoms with E-state index in [0.29, 0.717) is 12.2 Å². The van der Waals surface area contributed by atoms with Gasteiger partial charge in [0.1, 0.15) is 49.3 Å². The lowest BCUT2D eigenvalue weighted by Crippen LogP contribution is -2.62. The monoisotopic (exact) mass is 880 g/mol. The van der Waals surface area contributed by atoms with Crippen molar-refractivity contribution in [3.05, 3.63) is 215 Å². The second-order valence-electron chi connectivity index (χ2n) is 15.9. The Morgan fingerprint density at radius 2 is 0.785 bits per heavy atom. The van der Waals surface area contributed by atoms with Crippen LogP contribution in [0.15, 0.2) is 182 Å². The van der Waals surface area contributed by atoms with E-state index in [9.17, 15) is 4.79 Å². The van der Waals surface area contributed by atoms with E-state index in [-0.39, 0.29) is 39.6 Å². The third kappa shape index (κ3) is 13.0. The highest BCUT2D eigenvalue weighted by Crippen LogP contribution is 2.36. The number of ether oxygens (including phenoxy) is 10. The van der Waals surface area contributed by atoms with Crippen molar-refractivity contribution in [1.82, 2.24) is 0 Å². The van der Waals surface area contributed by atoms with Crippen LogP contribution in [-0.4, -0.2) is 81.6 Å². The van der Waals surface area contributed by atoms with Gasteiger partial charge in [0.05, 0.1) is 45.2 Å². The van der Waals surface area contributed by atoms with Gasteiger partial charge in [0.15, 0.2) is 12.6 Å². The Kier molecular flexibility index (Phi) is 17.0. The third-order valence-electron chi connectivity index (χ3n) is 11.3. The zero-order chi connectivity index (χ0) is 44.5. The number of rotatable bonds is 22. The normalized spacial score (nSPS) is 24.1. The summed E-state index contributed by atoms with van der Waals surface area (Å²) in [5, 5.41) is 0. The SMILES string of the molecule is CO[C@H]1O[C@H](COCc2ccccc2)[C@@H](OCc2ccccc2)[C@H](OCc2ccccc2)[C@H]1O[C@H]1O[C@H](COC(=O)c2ccccc2)[C@@H](OCc2ccccc2)[C@@H]1OCc1ccccc1. The average Bonchev–Trinajstić information content (AvgIpc) is 3.70. The second kappa shape index (κ2) is 24.1. The molecule has 9 atom stereocenters. The lowest BCUT2D eigenvalue weighted by atomic mass is 9.97. The molecule has 0 aliphatic carbocycles. The van der Waals surface area contributed by atoms with E-state index in [1.807, 2.05) is 158 Å². The van der Waals surface area contributed by atoms with Crippen molar-refractivity contribution in [1.29, 1.82) is 0 Å². The molecule has 0 aromatic heterocycles. The van der Waals surface area contributed by atoms with Crippen molar-refractivity contribution < 1.29 is 52.2 Å². The van der Waals surface area contributed by atoms with Gasteiger partial charge >= 0.3 is 5.97 Å². The molecule has 338 valence electrons. The first kappa shape index (κ1) is 46.0. The van der Waals surface area contributed by atoms with Crippen LogP contribution in [0.25, 0.3) is 0 Å². The molecule has 0 amide bonds. The minimum atomic E-state index is -1.07. The van der Waals surface area contributed by atoms with Gasteiger partial charge in [0.25, 0.3) is 0 Å². The largest absolute Gasteiger partial charge is 0.459 e. The minimum Gasteiger partial charge on any atom is -0.459 e. The first-order valence-corrected chi connectivity index (χ1v) is 22.1. The van der Waals surface area contributed by atoms with Gasteiger partial charge in [0.2, 0.25) is 0 Å². The van der Waals surface area contributed by atoms with Gasteiger partial charge in [-0.2, -0.15) is 0 Å². The predicted octanol–water partition coefficient (Wildman–Crippen LogP) is 8.88. The van der Waals surface area contributed by atoms with E-state index in [4.69, 9.17) is 47.4 Å². The van der Waals surface area contributed by atoms with Gasteiger partial charge < -0.3 is 47.4 Å². The lowest BCUT2D eigenvalue weighted by Gasteiger charge is -2.46. The van der Waals surface area contributed by atoms with Gasteiger partial charge in [-0.1, -0.05) is 170 Å². The molecule has 6 aromatic carbocycles. The van der Waals surface area contributed by atoms with E-state index in [1.54, 1.807) is 31.4 Å².